The minimum absolute atomic E-state index is 0. The number of guanidine groups is 1. The lowest BCUT2D eigenvalue weighted by Crippen LogP contribution is -2.52. The van der Waals surface area contributed by atoms with Crippen molar-refractivity contribution in [1.29, 1.82) is 0 Å². The number of aliphatic imine (C=N–C) groups is 1. The minimum Gasteiger partial charge on any atom is -0.506 e. The number of halogens is 1. The van der Waals surface area contributed by atoms with Gasteiger partial charge in [-0.2, -0.15) is 0 Å². The predicted octanol–water partition coefficient (Wildman–Crippen LogP) is 4.34. The Morgan fingerprint density at radius 2 is 1.74 bits per heavy atom. The van der Waals surface area contributed by atoms with Gasteiger partial charge < -0.3 is 20.2 Å². The number of phenolic OH excluding ortho intramolecular Hbond substituents is 1. The topological polar surface area (TPSA) is 64.0 Å². The van der Waals surface area contributed by atoms with Crippen LogP contribution in [0, 0.1) is 6.92 Å². The van der Waals surface area contributed by atoms with Crippen molar-refractivity contribution in [2.24, 2.45) is 4.99 Å². The van der Waals surface area contributed by atoms with Crippen LogP contribution in [0.5, 0.6) is 5.75 Å². The summed E-state index contributed by atoms with van der Waals surface area (Å²) in [7, 11) is 1.83. The molecular formula is C23H28IN5OS. The normalized spacial score (nSPS) is 14.3. The van der Waals surface area contributed by atoms with E-state index in [9.17, 15) is 5.11 Å². The van der Waals surface area contributed by atoms with Crippen molar-refractivity contribution in [2.45, 2.75) is 13.5 Å². The molecule has 0 spiro atoms. The SMILES string of the molecule is CN=C(NCc1sc(-c2ccccc2)nc1C)N1CCN(c2ccccc2O)CC1.I. The third kappa shape index (κ3) is 5.48. The minimum atomic E-state index is 0. The highest BCUT2D eigenvalue weighted by atomic mass is 127. The van der Waals surface area contributed by atoms with E-state index in [0.29, 0.717) is 12.3 Å². The van der Waals surface area contributed by atoms with E-state index in [1.807, 2.05) is 43.4 Å². The van der Waals surface area contributed by atoms with Crippen LogP contribution in [0.1, 0.15) is 10.6 Å². The number of hydrogen-bond acceptors (Lipinski definition) is 5. The Balaban J connectivity index is 0.00000272. The largest absolute Gasteiger partial charge is 0.506 e. The molecule has 2 aromatic carbocycles. The zero-order chi connectivity index (χ0) is 20.9. The molecular weight excluding hydrogens is 521 g/mol. The molecule has 0 radical (unpaired) electrons. The Labute approximate surface area is 204 Å². The monoisotopic (exact) mass is 549 g/mol. The molecule has 1 aliphatic heterocycles. The lowest BCUT2D eigenvalue weighted by atomic mass is 10.2. The van der Waals surface area contributed by atoms with Crippen LogP contribution in [0.25, 0.3) is 10.6 Å². The molecule has 1 fully saturated rings. The second-order valence-corrected chi connectivity index (χ2v) is 8.34. The van der Waals surface area contributed by atoms with Crippen LogP contribution in [-0.2, 0) is 6.54 Å². The molecule has 6 nitrogen and oxygen atoms in total. The Hall–Kier alpha value is -2.33. The Morgan fingerprint density at radius 1 is 1.06 bits per heavy atom. The van der Waals surface area contributed by atoms with E-state index in [2.05, 4.69) is 39.2 Å². The van der Waals surface area contributed by atoms with Crippen molar-refractivity contribution in [3.8, 4) is 16.3 Å². The lowest BCUT2D eigenvalue weighted by molar-refractivity contribution is 0.370. The van der Waals surface area contributed by atoms with Gasteiger partial charge in [-0.1, -0.05) is 42.5 Å². The van der Waals surface area contributed by atoms with Crippen molar-refractivity contribution in [3.63, 3.8) is 0 Å². The number of aryl methyl sites for hydroxylation is 1. The van der Waals surface area contributed by atoms with Crippen molar-refractivity contribution in [2.75, 3.05) is 38.1 Å². The van der Waals surface area contributed by atoms with E-state index in [1.54, 1.807) is 17.4 Å². The number of anilines is 1. The van der Waals surface area contributed by atoms with Crippen LogP contribution in [0.2, 0.25) is 0 Å². The number of nitrogens with one attached hydrogen (secondary N) is 1. The fraction of sp³-hybridized carbons (Fsp3) is 0.304. The summed E-state index contributed by atoms with van der Waals surface area (Å²) in [5, 5.41) is 14.7. The van der Waals surface area contributed by atoms with Crippen molar-refractivity contribution in [1.82, 2.24) is 15.2 Å². The number of piperazine rings is 1. The van der Waals surface area contributed by atoms with Gasteiger partial charge in [-0.05, 0) is 19.1 Å². The molecule has 2 N–H and O–H groups in total. The number of benzene rings is 2. The Bertz CT molecular complexity index is 1020. The second-order valence-electron chi connectivity index (χ2n) is 7.26. The molecule has 1 aliphatic rings. The number of thiazole rings is 1. The summed E-state index contributed by atoms with van der Waals surface area (Å²) < 4.78 is 0. The maximum Gasteiger partial charge on any atom is 0.194 e. The average molecular weight is 549 g/mol. The van der Waals surface area contributed by atoms with E-state index in [0.717, 1.165) is 54.1 Å². The number of para-hydroxylation sites is 2. The summed E-state index contributed by atoms with van der Waals surface area (Å²) in [6, 6.07) is 17.8. The van der Waals surface area contributed by atoms with Gasteiger partial charge >= 0.3 is 0 Å². The van der Waals surface area contributed by atoms with Gasteiger partial charge in [0.2, 0.25) is 0 Å². The van der Waals surface area contributed by atoms with Crippen LogP contribution in [-0.4, -0.2) is 54.2 Å². The van der Waals surface area contributed by atoms with Crippen LogP contribution in [0.3, 0.4) is 0 Å². The summed E-state index contributed by atoms with van der Waals surface area (Å²) in [6.07, 6.45) is 0. The molecule has 4 rings (SSSR count). The van der Waals surface area contributed by atoms with Crippen LogP contribution >= 0.6 is 35.3 Å². The fourth-order valence-electron chi connectivity index (χ4n) is 3.68. The smallest absolute Gasteiger partial charge is 0.194 e. The summed E-state index contributed by atoms with van der Waals surface area (Å²) >= 11 is 1.73. The maximum atomic E-state index is 10.1. The molecule has 3 aromatic rings. The quantitative estimate of drug-likeness (QED) is 0.288. The molecule has 31 heavy (non-hydrogen) atoms. The first-order valence-electron chi connectivity index (χ1n) is 10.2. The van der Waals surface area contributed by atoms with Crippen LogP contribution < -0.4 is 10.2 Å². The summed E-state index contributed by atoms with van der Waals surface area (Å²) in [6.45, 7) is 6.17. The first kappa shape index (κ1) is 23.3. The van der Waals surface area contributed by atoms with E-state index < -0.39 is 0 Å². The molecule has 1 saturated heterocycles. The molecule has 0 unspecified atom stereocenters. The van der Waals surface area contributed by atoms with Crippen LogP contribution in [0.15, 0.2) is 59.6 Å². The molecule has 1 aromatic heterocycles. The zero-order valence-electron chi connectivity index (χ0n) is 17.8. The van der Waals surface area contributed by atoms with E-state index in [4.69, 9.17) is 4.98 Å². The van der Waals surface area contributed by atoms with Gasteiger partial charge in [-0.25, -0.2) is 4.98 Å². The molecule has 0 amide bonds. The van der Waals surface area contributed by atoms with Crippen LogP contribution in [0.4, 0.5) is 5.69 Å². The number of aromatic hydroxyl groups is 1. The first-order chi connectivity index (χ1) is 14.7. The zero-order valence-corrected chi connectivity index (χ0v) is 20.9. The number of rotatable bonds is 4. The first-order valence-corrected chi connectivity index (χ1v) is 11.0. The third-order valence-corrected chi connectivity index (χ3v) is 6.54. The lowest BCUT2D eigenvalue weighted by Gasteiger charge is -2.37. The van der Waals surface area contributed by atoms with Gasteiger partial charge in [0.1, 0.15) is 10.8 Å². The molecule has 164 valence electrons. The number of aromatic nitrogens is 1. The molecule has 0 atom stereocenters. The van der Waals surface area contributed by atoms with Gasteiger partial charge in [0, 0.05) is 43.7 Å². The highest BCUT2D eigenvalue weighted by molar-refractivity contribution is 14.0. The summed E-state index contributed by atoms with van der Waals surface area (Å²) in [4.78, 5) is 14.9. The van der Waals surface area contributed by atoms with Crippen molar-refractivity contribution < 1.29 is 5.11 Å². The fourth-order valence-corrected chi connectivity index (χ4v) is 4.69. The second kappa shape index (κ2) is 10.8. The summed E-state index contributed by atoms with van der Waals surface area (Å²) in [5.74, 6) is 1.24. The molecule has 0 aliphatic carbocycles. The van der Waals surface area contributed by atoms with Gasteiger partial charge in [-0.15, -0.1) is 35.3 Å². The highest BCUT2D eigenvalue weighted by Crippen LogP contribution is 2.28. The standard InChI is InChI=1S/C23H27N5OS.HI/c1-17-21(30-22(26-17)18-8-4-3-5-9-18)16-25-23(24-2)28-14-12-27(13-15-28)19-10-6-7-11-20(19)29;/h3-11,29H,12-16H2,1-2H3,(H,24,25);1H. The van der Waals surface area contributed by atoms with Crippen molar-refractivity contribution >= 4 is 47.0 Å². The van der Waals surface area contributed by atoms with E-state index in [-0.39, 0.29) is 24.0 Å². The Kier molecular flexibility index (Phi) is 8.14. The molecule has 8 heteroatoms. The van der Waals surface area contributed by atoms with Gasteiger partial charge in [-0.3, -0.25) is 4.99 Å². The van der Waals surface area contributed by atoms with Gasteiger partial charge in [0.15, 0.2) is 5.96 Å². The summed E-state index contributed by atoms with van der Waals surface area (Å²) in [5.41, 5.74) is 3.11. The van der Waals surface area contributed by atoms with E-state index in [1.165, 1.54) is 4.88 Å². The van der Waals surface area contributed by atoms with Gasteiger partial charge in [0.05, 0.1) is 17.9 Å². The Morgan fingerprint density at radius 3 is 2.42 bits per heavy atom. The van der Waals surface area contributed by atoms with Gasteiger partial charge in [0.25, 0.3) is 0 Å². The number of phenols is 1. The van der Waals surface area contributed by atoms with E-state index >= 15 is 0 Å². The predicted molar refractivity (Wildman–Crippen MR) is 140 cm³/mol. The van der Waals surface area contributed by atoms with Crippen molar-refractivity contribution in [3.05, 3.63) is 65.2 Å². The molecule has 0 bridgehead atoms. The highest BCUT2D eigenvalue weighted by Gasteiger charge is 2.21. The number of hydrogen-bond donors (Lipinski definition) is 2. The number of nitrogens with zero attached hydrogens (tertiary/aromatic N) is 4. The maximum absolute atomic E-state index is 10.1. The molecule has 2 heterocycles. The average Bonchev–Trinajstić information content (AvgIpc) is 3.16. The third-order valence-electron chi connectivity index (χ3n) is 5.33. The molecule has 0 saturated carbocycles.